The summed E-state index contributed by atoms with van der Waals surface area (Å²) in [5, 5.41) is 1.03. The zero-order chi connectivity index (χ0) is 19.6. The highest BCUT2D eigenvalue weighted by Crippen LogP contribution is 2.30. The maximum absolute atomic E-state index is 14.0. The molecule has 0 aliphatic heterocycles. The van der Waals surface area contributed by atoms with Crippen molar-refractivity contribution in [1.82, 2.24) is 9.71 Å². The normalized spacial score (nSPS) is 12.9. The first-order valence-electron chi connectivity index (χ1n) is 8.91. The smallest absolute Gasteiger partial charge is 0.243 e. The van der Waals surface area contributed by atoms with Crippen molar-refractivity contribution in [2.75, 3.05) is 6.54 Å². The average molecular weight is 394 g/mol. The molecule has 0 saturated carbocycles. The summed E-state index contributed by atoms with van der Waals surface area (Å²) in [7, 11) is -3.97. The van der Waals surface area contributed by atoms with Crippen molar-refractivity contribution >= 4 is 20.9 Å². The molecule has 2 N–H and O–H groups in total. The number of H-pyrrole nitrogens is 1. The second-order valence-electron chi connectivity index (χ2n) is 6.54. The van der Waals surface area contributed by atoms with Gasteiger partial charge >= 0.3 is 0 Å². The van der Waals surface area contributed by atoms with Gasteiger partial charge in [-0.3, -0.25) is 0 Å². The molecular weight excluding hydrogens is 375 g/mol. The molecule has 1 heterocycles. The molecular formula is C22H19FN2O2S. The van der Waals surface area contributed by atoms with Crippen LogP contribution >= 0.6 is 0 Å². The molecule has 0 bridgehead atoms. The standard InChI is InChI=1S/C22H19FN2O2S/c23-20-11-5-7-13-22(20)28(26,27)25-15-18(16-8-2-1-3-9-16)19-14-24-21-12-6-4-10-17(19)21/h1-14,18,24-25H,15H2. The Morgan fingerprint density at radius 1 is 0.893 bits per heavy atom. The van der Waals surface area contributed by atoms with Crippen LogP contribution in [0.15, 0.2) is 90.0 Å². The highest BCUT2D eigenvalue weighted by atomic mass is 32.2. The predicted molar refractivity (Wildman–Crippen MR) is 108 cm³/mol. The van der Waals surface area contributed by atoms with E-state index in [1.807, 2.05) is 60.8 Å². The largest absolute Gasteiger partial charge is 0.361 e. The van der Waals surface area contributed by atoms with Gasteiger partial charge in [0.1, 0.15) is 10.7 Å². The zero-order valence-corrected chi connectivity index (χ0v) is 15.8. The van der Waals surface area contributed by atoms with Crippen LogP contribution in [0.25, 0.3) is 10.9 Å². The summed E-state index contributed by atoms with van der Waals surface area (Å²) < 4.78 is 41.9. The lowest BCUT2D eigenvalue weighted by molar-refractivity contribution is 0.554. The third kappa shape index (κ3) is 3.56. The molecule has 0 amide bonds. The summed E-state index contributed by atoms with van der Waals surface area (Å²) in [6.07, 6.45) is 1.90. The molecule has 4 nitrogen and oxygen atoms in total. The van der Waals surface area contributed by atoms with E-state index in [9.17, 15) is 12.8 Å². The number of benzene rings is 3. The Balaban J connectivity index is 1.71. The van der Waals surface area contributed by atoms with E-state index in [0.29, 0.717) is 0 Å². The molecule has 142 valence electrons. The fraction of sp³-hybridized carbons (Fsp3) is 0.0909. The van der Waals surface area contributed by atoms with Crippen molar-refractivity contribution in [1.29, 1.82) is 0 Å². The molecule has 4 aromatic rings. The van der Waals surface area contributed by atoms with E-state index in [2.05, 4.69) is 9.71 Å². The van der Waals surface area contributed by atoms with Crippen LogP contribution in [0, 0.1) is 5.82 Å². The summed E-state index contributed by atoms with van der Waals surface area (Å²) in [6, 6.07) is 22.9. The molecule has 0 fully saturated rings. The minimum atomic E-state index is -3.97. The van der Waals surface area contributed by atoms with Gasteiger partial charge < -0.3 is 4.98 Å². The van der Waals surface area contributed by atoms with Gasteiger partial charge in [0, 0.05) is 29.6 Å². The zero-order valence-electron chi connectivity index (χ0n) is 15.0. The maximum atomic E-state index is 14.0. The minimum Gasteiger partial charge on any atom is -0.361 e. The molecule has 0 saturated heterocycles. The van der Waals surface area contributed by atoms with Crippen molar-refractivity contribution < 1.29 is 12.8 Å². The third-order valence-electron chi connectivity index (χ3n) is 4.80. The van der Waals surface area contributed by atoms with E-state index in [1.54, 1.807) is 0 Å². The van der Waals surface area contributed by atoms with Crippen LogP contribution in [-0.2, 0) is 10.0 Å². The van der Waals surface area contributed by atoms with Crippen LogP contribution in [-0.4, -0.2) is 19.9 Å². The van der Waals surface area contributed by atoms with Crippen LogP contribution in [0.1, 0.15) is 17.0 Å². The van der Waals surface area contributed by atoms with Gasteiger partial charge in [-0.25, -0.2) is 17.5 Å². The van der Waals surface area contributed by atoms with Gasteiger partial charge in [-0.1, -0.05) is 60.7 Å². The van der Waals surface area contributed by atoms with Crippen LogP contribution in [0.2, 0.25) is 0 Å². The summed E-state index contributed by atoms with van der Waals surface area (Å²) >= 11 is 0. The Bertz CT molecular complexity index is 1200. The lowest BCUT2D eigenvalue weighted by Crippen LogP contribution is -2.29. The van der Waals surface area contributed by atoms with Crippen molar-refractivity contribution in [3.8, 4) is 0 Å². The predicted octanol–water partition coefficient (Wildman–Crippen LogP) is 4.42. The second-order valence-corrected chi connectivity index (χ2v) is 8.27. The Kier molecular flexibility index (Phi) is 4.98. The quantitative estimate of drug-likeness (QED) is 0.509. The Morgan fingerprint density at radius 2 is 1.57 bits per heavy atom. The topological polar surface area (TPSA) is 62.0 Å². The molecule has 0 aliphatic carbocycles. The van der Waals surface area contributed by atoms with E-state index in [0.717, 1.165) is 28.1 Å². The number of sulfonamides is 1. The van der Waals surface area contributed by atoms with Gasteiger partial charge in [0.25, 0.3) is 0 Å². The number of aromatic nitrogens is 1. The van der Waals surface area contributed by atoms with E-state index in [1.165, 1.54) is 18.2 Å². The fourth-order valence-electron chi connectivity index (χ4n) is 3.41. The minimum absolute atomic E-state index is 0.114. The highest BCUT2D eigenvalue weighted by molar-refractivity contribution is 7.89. The third-order valence-corrected chi connectivity index (χ3v) is 6.26. The number of hydrogen-bond donors (Lipinski definition) is 2. The lowest BCUT2D eigenvalue weighted by Gasteiger charge is -2.18. The number of fused-ring (bicyclic) bond motifs is 1. The molecule has 1 unspecified atom stereocenters. The number of rotatable bonds is 6. The maximum Gasteiger partial charge on any atom is 0.243 e. The number of para-hydroxylation sites is 1. The molecule has 0 aliphatic rings. The molecule has 4 rings (SSSR count). The van der Waals surface area contributed by atoms with E-state index < -0.39 is 15.8 Å². The molecule has 3 aromatic carbocycles. The van der Waals surface area contributed by atoms with Crippen LogP contribution < -0.4 is 4.72 Å². The molecule has 28 heavy (non-hydrogen) atoms. The van der Waals surface area contributed by atoms with Crippen molar-refractivity contribution in [2.24, 2.45) is 0 Å². The first-order valence-corrected chi connectivity index (χ1v) is 10.4. The monoisotopic (exact) mass is 394 g/mol. The molecule has 1 atom stereocenters. The number of hydrogen-bond acceptors (Lipinski definition) is 2. The number of halogens is 1. The first kappa shape index (κ1) is 18.4. The SMILES string of the molecule is O=S(=O)(NCC(c1ccccc1)c1c[nH]c2ccccc12)c1ccccc1F. The second kappa shape index (κ2) is 7.58. The Hall–Kier alpha value is -2.96. The van der Waals surface area contributed by atoms with Gasteiger partial charge in [-0.15, -0.1) is 0 Å². The van der Waals surface area contributed by atoms with Crippen LogP contribution in [0.5, 0.6) is 0 Å². The Labute approximate surface area is 163 Å². The van der Waals surface area contributed by atoms with E-state index in [4.69, 9.17) is 0 Å². The van der Waals surface area contributed by atoms with E-state index in [-0.39, 0.29) is 17.4 Å². The summed E-state index contributed by atoms with van der Waals surface area (Å²) in [5.74, 6) is -0.989. The van der Waals surface area contributed by atoms with Gasteiger partial charge in [-0.2, -0.15) is 0 Å². The van der Waals surface area contributed by atoms with Gasteiger partial charge in [0.2, 0.25) is 10.0 Å². The fourth-order valence-corrected chi connectivity index (χ4v) is 4.53. The van der Waals surface area contributed by atoms with Crippen molar-refractivity contribution in [3.63, 3.8) is 0 Å². The first-order chi connectivity index (χ1) is 13.6. The van der Waals surface area contributed by atoms with Gasteiger partial charge in [0.05, 0.1) is 0 Å². The van der Waals surface area contributed by atoms with Crippen molar-refractivity contribution in [3.05, 3.63) is 102 Å². The van der Waals surface area contributed by atoms with Crippen LogP contribution in [0.3, 0.4) is 0 Å². The van der Waals surface area contributed by atoms with E-state index >= 15 is 0 Å². The number of nitrogens with one attached hydrogen (secondary N) is 2. The molecule has 6 heteroatoms. The number of aromatic amines is 1. The summed E-state index contributed by atoms with van der Waals surface area (Å²) in [6.45, 7) is 0.114. The average Bonchev–Trinajstić information content (AvgIpc) is 3.13. The highest BCUT2D eigenvalue weighted by Gasteiger charge is 2.23. The summed E-state index contributed by atoms with van der Waals surface area (Å²) in [4.78, 5) is 2.89. The van der Waals surface area contributed by atoms with Crippen LogP contribution in [0.4, 0.5) is 4.39 Å². The summed E-state index contributed by atoms with van der Waals surface area (Å²) in [5.41, 5.74) is 2.94. The van der Waals surface area contributed by atoms with Gasteiger partial charge in [-0.05, 0) is 29.3 Å². The lowest BCUT2D eigenvalue weighted by atomic mass is 9.91. The van der Waals surface area contributed by atoms with Crippen molar-refractivity contribution in [2.45, 2.75) is 10.8 Å². The molecule has 1 aromatic heterocycles. The molecule has 0 radical (unpaired) electrons. The Morgan fingerprint density at radius 3 is 2.36 bits per heavy atom. The molecule has 0 spiro atoms. The van der Waals surface area contributed by atoms with Gasteiger partial charge in [0.15, 0.2) is 0 Å².